The molecule has 0 aliphatic heterocycles. The van der Waals surface area contributed by atoms with Crippen LogP contribution in [-0.4, -0.2) is 11.1 Å². The molecule has 1 aliphatic rings. The van der Waals surface area contributed by atoms with E-state index in [0.717, 1.165) is 19.3 Å². The summed E-state index contributed by atoms with van der Waals surface area (Å²) in [6.45, 7) is 3.82. The van der Waals surface area contributed by atoms with E-state index in [-0.39, 0.29) is 11.3 Å². The van der Waals surface area contributed by atoms with E-state index in [9.17, 15) is 4.79 Å². The largest absolute Gasteiger partial charge is 0.481 e. The zero-order valence-electron chi connectivity index (χ0n) is 7.71. The highest BCUT2D eigenvalue weighted by atomic mass is 16.4. The Morgan fingerprint density at radius 1 is 1.67 bits per heavy atom. The van der Waals surface area contributed by atoms with Crippen molar-refractivity contribution in [3.63, 3.8) is 0 Å². The first kappa shape index (κ1) is 9.30. The number of carboxylic acids is 1. The molecule has 0 fully saturated rings. The molecule has 0 aromatic rings. The minimum absolute atomic E-state index is 0.121. The lowest BCUT2D eigenvalue weighted by Crippen LogP contribution is -2.30. The van der Waals surface area contributed by atoms with Crippen molar-refractivity contribution in [1.29, 1.82) is 0 Å². The van der Waals surface area contributed by atoms with Crippen LogP contribution in [0.2, 0.25) is 0 Å². The first-order chi connectivity index (χ1) is 5.56. The fourth-order valence-corrected chi connectivity index (χ4v) is 1.68. The Kier molecular flexibility index (Phi) is 2.55. The summed E-state index contributed by atoms with van der Waals surface area (Å²) in [5.74, 6) is -0.960. The van der Waals surface area contributed by atoms with Crippen molar-refractivity contribution in [2.24, 2.45) is 11.3 Å². The molecule has 0 spiro atoms. The molecule has 0 aromatic carbocycles. The lowest BCUT2D eigenvalue weighted by Gasteiger charge is -2.32. The van der Waals surface area contributed by atoms with Crippen molar-refractivity contribution >= 4 is 5.97 Å². The Morgan fingerprint density at radius 3 is 2.75 bits per heavy atom. The SMILES string of the molecule is C[C@H](C(=O)O)[C@@]1(C)C=CCCC1. The Morgan fingerprint density at radius 2 is 2.33 bits per heavy atom. The van der Waals surface area contributed by atoms with Gasteiger partial charge in [0.1, 0.15) is 0 Å². The van der Waals surface area contributed by atoms with Gasteiger partial charge in [-0.05, 0) is 24.7 Å². The van der Waals surface area contributed by atoms with Crippen LogP contribution in [0.1, 0.15) is 33.1 Å². The Hall–Kier alpha value is -0.790. The molecule has 2 heteroatoms. The van der Waals surface area contributed by atoms with Crippen LogP contribution in [0.5, 0.6) is 0 Å². The minimum atomic E-state index is -0.691. The van der Waals surface area contributed by atoms with Crippen molar-refractivity contribution < 1.29 is 9.90 Å². The summed E-state index contributed by atoms with van der Waals surface area (Å²) in [5, 5.41) is 8.87. The number of carbonyl (C=O) groups is 1. The van der Waals surface area contributed by atoms with Crippen LogP contribution in [-0.2, 0) is 4.79 Å². The van der Waals surface area contributed by atoms with Gasteiger partial charge in [-0.2, -0.15) is 0 Å². The Balaban J connectivity index is 2.75. The summed E-state index contributed by atoms with van der Waals surface area (Å²) in [6.07, 6.45) is 7.38. The molecule has 1 aliphatic carbocycles. The number of hydrogen-bond donors (Lipinski definition) is 1. The van der Waals surface area contributed by atoms with Gasteiger partial charge in [0.2, 0.25) is 0 Å². The van der Waals surface area contributed by atoms with E-state index in [4.69, 9.17) is 5.11 Å². The van der Waals surface area contributed by atoms with Crippen molar-refractivity contribution in [3.8, 4) is 0 Å². The Labute approximate surface area is 73.3 Å². The van der Waals surface area contributed by atoms with Crippen molar-refractivity contribution in [3.05, 3.63) is 12.2 Å². The second-order valence-corrected chi connectivity index (χ2v) is 3.86. The van der Waals surface area contributed by atoms with Crippen LogP contribution < -0.4 is 0 Å². The summed E-state index contributed by atoms with van der Waals surface area (Å²) >= 11 is 0. The number of carboxylic acid groups (broad SMARTS) is 1. The van der Waals surface area contributed by atoms with E-state index in [2.05, 4.69) is 12.2 Å². The molecule has 0 heterocycles. The van der Waals surface area contributed by atoms with E-state index >= 15 is 0 Å². The third kappa shape index (κ3) is 1.68. The molecule has 0 saturated heterocycles. The van der Waals surface area contributed by atoms with Crippen LogP contribution in [0.15, 0.2) is 12.2 Å². The average molecular weight is 168 g/mol. The molecule has 0 bridgehead atoms. The van der Waals surface area contributed by atoms with E-state index in [1.807, 2.05) is 6.92 Å². The number of rotatable bonds is 2. The zero-order valence-corrected chi connectivity index (χ0v) is 7.71. The predicted octanol–water partition coefficient (Wildman–Crippen LogP) is 2.45. The van der Waals surface area contributed by atoms with Gasteiger partial charge in [-0.15, -0.1) is 0 Å². The summed E-state index contributed by atoms with van der Waals surface area (Å²) in [6, 6.07) is 0. The van der Waals surface area contributed by atoms with Crippen LogP contribution >= 0.6 is 0 Å². The maximum atomic E-state index is 10.8. The molecule has 0 aromatic heterocycles. The quantitative estimate of drug-likeness (QED) is 0.643. The molecule has 2 nitrogen and oxygen atoms in total. The van der Waals surface area contributed by atoms with E-state index in [1.54, 1.807) is 6.92 Å². The number of allylic oxidation sites excluding steroid dienone is 2. The van der Waals surface area contributed by atoms with Gasteiger partial charge in [0, 0.05) is 0 Å². The molecule has 68 valence electrons. The van der Waals surface area contributed by atoms with E-state index in [0.29, 0.717) is 0 Å². The standard InChI is InChI=1S/C10H16O2/c1-8(9(11)12)10(2)6-4-3-5-7-10/h4,6,8H,3,5,7H2,1-2H3,(H,11,12)/t8-,10+/m1/s1. The van der Waals surface area contributed by atoms with Gasteiger partial charge in [-0.25, -0.2) is 0 Å². The second kappa shape index (κ2) is 3.30. The summed E-state index contributed by atoms with van der Waals surface area (Å²) in [5.41, 5.74) is -0.121. The van der Waals surface area contributed by atoms with Crippen LogP contribution in [0.25, 0.3) is 0 Å². The van der Waals surface area contributed by atoms with Crippen molar-refractivity contribution in [2.75, 3.05) is 0 Å². The van der Waals surface area contributed by atoms with Gasteiger partial charge >= 0.3 is 5.97 Å². The predicted molar refractivity (Wildman–Crippen MR) is 47.9 cm³/mol. The van der Waals surface area contributed by atoms with Gasteiger partial charge < -0.3 is 5.11 Å². The molecular weight excluding hydrogens is 152 g/mol. The monoisotopic (exact) mass is 168 g/mol. The van der Waals surface area contributed by atoms with Crippen molar-refractivity contribution in [1.82, 2.24) is 0 Å². The summed E-state index contributed by atoms with van der Waals surface area (Å²) in [7, 11) is 0. The smallest absolute Gasteiger partial charge is 0.307 e. The van der Waals surface area contributed by atoms with Gasteiger partial charge in [-0.1, -0.05) is 26.0 Å². The van der Waals surface area contributed by atoms with Gasteiger partial charge in [0.25, 0.3) is 0 Å². The number of aliphatic carboxylic acids is 1. The summed E-state index contributed by atoms with van der Waals surface area (Å²) < 4.78 is 0. The fraction of sp³-hybridized carbons (Fsp3) is 0.700. The highest BCUT2D eigenvalue weighted by Crippen LogP contribution is 2.37. The first-order valence-electron chi connectivity index (χ1n) is 4.47. The lowest BCUT2D eigenvalue weighted by atomic mass is 9.72. The molecule has 0 amide bonds. The normalized spacial score (nSPS) is 31.5. The van der Waals surface area contributed by atoms with Gasteiger partial charge in [-0.3, -0.25) is 4.79 Å². The molecule has 0 radical (unpaired) electrons. The van der Waals surface area contributed by atoms with Gasteiger partial charge in [0.05, 0.1) is 5.92 Å². The maximum absolute atomic E-state index is 10.8. The molecule has 2 atom stereocenters. The highest BCUT2D eigenvalue weighted by Gasteiger charge is 2.33. The second-order valence-electron chi connectivity index (χ2n) is 3.86. The number of hydrogen-bond acceptors (Lipinski definition) is 1. The Bertz CT molecular complexity index is 208. The van der Waals surface area contributed by atoms with Crippen LogP contribution in [0.3, 0.4) is 0 Å². The third-order valence-electron chi connectivity index (χ3n) is 2.94. The first-order valence-corrected chi connectivity index (χ1v) is 4.47. The highest BCUT2D eigenvalue weighted by molar-refractivity contribution is 5.71. The third-order valence-corrected chi connectivity index (χ3v) is 2.94. The van der Waals surface area contributed by atoms with Crippen molar-refractivity contribution in [2.45, 2.75) is 33.1 Å². The van der Waals surface area contributed by atoms with Gasteiger partial charge in [0.15, 0.2) is 0 Å². The lowest BCUT2D eigenvalue weighted by molar-refractivity contribution is -0.144. The fourth-order valence-electron chi connectivity index (χ4n) is 1.68. The molecule has 1 N–H and O–H groups in total. The van der Waals surface area contributed by atoms with Crippen LogP contribution in [0, 0.1) is 11.3 Å². The van der Waals surface area contributed by atoms with E-state index in [1.165, 1.54) is 0 Å². The maximum Gasteiger partial charge on any atom is 0.307 e. The average Bonchev–Trinajstić information content (AvgIpc) is 2.04. The molecular formula is C10H16O2. The topological polar surface area (TPSA) is 37.3 Å². The molecule has 1 rings (SSSR count). The zero-order chi connectivity index (χ0) is 9.19. The molecule has 0 saturated carbocycles. The van der Waals surface area contributed by atoms with Crippen LogP contribution in [0.4, 0.5) is 0 Å². The molecule has 0 unspecified atom stereocenters. The summed E-state index contributed by atoms with van der Waals surface area (Å²) in [4.78, 5) is 10.8. The molecule has 12 heavy (non-hydrogen) atoms. The van der Waals surface area contributed by atoms with E-state index < -0.39 is 5.97 Å². The minimum Gasteiger partial charge on any atom is -0.481 e.